The summed E-state index contributed by atoms with van der Waals surface area (Å²) in [6, 6.07) is 3.93. The molecule has 0 aliphatic carbocycles. The molecule has 0 radical (unpaired) electrons. The number of hydrogen-bond donors (Lipinski definition) is 0. The van der Waals surface area contributed by atoms with Crippen molar-refractivity contribution >= 4 is 102 Å². The fraction of sp³-hybridized carbons (Fsp3) is 0. The molecule has 0 saturated carbocycles. The van der Waals surface area contributed by atoms with Gasteiger partial charge in [-0.15, -0.1) is 0 Å². The summed E-state index contributed by atoms with van der Waals surface area (Å²) in [5, 5.41) is 0. The first-order valence-electron chi connectivity index (χ1n) is 2.96. The van der Waals surface area contributed by atoms with Crippen LogP contribution in [0.3, 0.4) is 0 Å². The maximum absolute atomic E-state index is 3.48. The van der Waals surface area contributed by atoms with E-state index in [-0.39, 0.29) is 18.5 Å². The summed E-state index contributed by atoms with van der Waals surface area (Å²) in [4.78, 5) is 0. The quantitative estimate of drug-likeness (QED) is 0.325. The van der Waals surface area contributed by atoms with E-state index in [2.05, 4.69) is 96.2 Å². The minimum absolute atomic E-state index is 0. The van der Waals surface area contributed by atoms with Crippen LogP contribution in [0.1, 0.15) is 0 Å². The van der Waals surface area contributed by atoms with Crippen LogP contribution < -0.4 is 18.5 Å². The second-order valence-corrected chi connectivity index (χ2v) is 10.6. The standard InChI is InChI=1S/C6H2Br6N.BrH/c7-3-1-2-4(13(10,11)12)6(9)5(3)8;/h1-2H;1H/q+1;/p-1. The molecule has 0 saturated heterocycles. The number of halogens is 7. The van der Waals surface area contributed by atoms with E-state index >= 15 is 0 Å². The SMILES string of the molecule is Brc1ccc([N+](Br)(Br)Br)c(Br)c1Br.[Br-]. The highest BCUT2D eigenvalue weighted by Gasteiger charge is 2.28. The van der Waals surface area contributed by atoms with Crippen molar-refractivity contribution in [2.45, 2.75) is 0 Å². The summed E-state index contributed by atoms with van der Waals surface area (Å²) in [6.07, 6.45) is 0. The molecule has 0 aromatic heterocycles. The molecule has 0 spiro atoms. The Morgan fingerprint density at radius 2 is 1.36 bits per heavy atom. The van der Waals surface area contributed by atoms with Crippen molar-refractivity contribution in [2.24, 2.45) is 0 Å². The Morgan fingerprint density at radius 3 is 1.79 bits per heavy atom. The van der Waals surface area contributed by atoms with Crippen molar-refractivity contribution in [2.75, 3.05) is 0 Å². The molecule has 14 heavy (non-hydrogen) atoms. The van der Waals surface area contributed by atoms with Gasteiger partial charge >= 0.3 is 0 Å². The van der Waals surface area contributed by atoms with E-state index in [1.54, 1.807) is 0 Å². The van der Waals surface area contributed by atoms with Crippen LogP contribution in [0.15, 0.2) is 25.6 Å². The van der Waals surface area contributed by atoms with Crippen LogP contribution in [0.5, 0.6) is 0 Å². The van der Waals surface area contributed by atoms with Gasteiger partial charge in [0, 0.05) is 10.5 Å². The third-order valence-corrected chi connectivity index (χ3v) is 5.79. The maximum atomic E-state index is 3.48. The molecule has 1 aromatic carbocycles. The molecule has 0 heterocycles. The van der Waals surface area contributed by atoms with E-state index in [1.165, 1.54) is 0 Å². The first-order valence-corrected chi connectivity index (χ1v) is 7.47. The molecule has 8 heteroatoms. The highest BCUT2D eigenvalue weighted by atomic mass is 80.0. The number of hydrogen-bond acceptors (Lipinski definition) is 0. The minimum atomic E-state index is 0. The predicted octanol–water partition coefficient (Wildman–Crippen LogP) is 3.22. The van der Waals surface area contributed by atoms with Crippen LogP contribution in [0.2, 0.25) is 0 Å². The Balaban J connectivity index is 0.00000169. The summed E-state index contributed by atoms with van der Waals surface area (Å²) < 4.78 is 3.18. The van der Waals surface area contributed by atoms with Crippen LogP contribution in [-0.4, -0.2) is 0 Å². The Morgan fingerprint density at radius 1 is 0.857 bits per heavy atom. The normalized spacial score (nSPS) is 11.0. The molecule has 0 fully saturated rings. The average Bonchev–Trinajstić information content (AvgIpc) is 1.98. The van der Waals surface area contributed by atoms with Gasteiger partial charge in [0.25, 0.3) is 48.4 Å². The number of quaternary nitrogens is 1. The maximum Gasteiger partial charge on any atom is 0.258 e. The number of benzene rings is 1. The van der Waals surface area contributed by atoms with Crippen LogP contribution in [0.25, 0.3) is 0 Å². The molecular formula is C6H2Br7N. The largest absolute Gasteiger partial charge is 1.00 e. The Bertz CT molecular complexity index is 332. The van der Waals surface area contributed by atoms with Crippen molar-refractivity contribution in [1.82, 2.24) is 1.56 Å². The molecule has 0 aliphatic heterocycles. The first-order chi connectivity index (χ1) is 5.84. The lowest BCUT2D eigenvalue weighted by atomic mass is 10.3. The molecule has 1 rings (SSSR count). The summed E-state index contributed by atoms with van der Waals surface area (Å²) in [7, 11) is 0. The van der Waals surface area contributed by atoms with Crippen molar-refractivity contribution in [3.8, 4) is 0 Å². The van der Waals surface area contributed by atoms with Crippen molar-refractivity contribution in [3.05, 3.63) is 25.6 Å². The van der Waals surface area contributed by atoms with Gasteiger partial charge < -0.3 is 17.0 Å². The van der Waals surface area contributed by atoms with Crippen LogP contribution in [-0.2, 0) is 0 Å². The van der Waals surface area contributed by atoms with E-state index in [0.717, 1.165) is 19.1 Å². The fourth-order valence-electron chi connectivity index (χ4n) is 0.712. The summed E-state index contributed by atoms with van der Waals surface area (Å²) in [5.41, 5.74) is 0.995. The zero-order valence-corrected chi connectivity index (χ0v) is 17.3. The van der Waals surface area contributed by atoms with Gasteiger partial charge in [0.05, 0.1) is 8.95 Å². The van der Waals surface area contributed by atoms with E-state index in [1.807, 2.05) is 12.1 Å². The zero-order valence-electron chi connectivity index (χ0n) is 6.25. The molecule has 0 amide bonds. The first kappa shape index (κ1) is 16.5. The molecule has 1 aromatic rings. The molecule has 0 unspecified atom stereocenters. The van der Waals surface area contributed by atoms with Gasteiger partial charge in [-0.2, -0.15) is 0 Å². The number of nitrogens with zero attached hydrogens (tertiary/aromatic N) is 1. The van der Waals surface area contributed by atoms with E-state index in [4.69, 9.17) is 0 Å². The third-order valence-electron chi connectivity index (χ3n) is 1.29. The van der Waals surface area contributed by atoms with Gasteiger partial charge in [-0.1, -0.05) is 1.56 Å². The highest BCUT2D eigenvalue weighted by Crippen LogP contribution is 2.47. The lowest BCUT2D eigenvalue weighted by Crippen LogP contribution is -3.00. The monoisotopic (exact) mass is 640 g/mol. The molecule has 0 bridgehead atoms. The second-order valence-electron chi connectivity index (χ2n) is 2.14. The molecule has 0 N–H and O–H groups in total. The van der Waals surface area contributed by atoms with Crippen LogP contribution in [0.4, 0.5) is 5.69 Å². The van der Waals surface area contributed by atoms with Crippen LogP contribution >= 0.6 is 96.2 Å². The minimum Gasteiger partial charge on any atom is -1.00 e. The third kappa shape index (κ3) is 4.09. The molecule has 0 atom stereocenters. The fourth-order valence-corrected chi connectivity index (χ4v) is 3.86. The lowest BCUT2D eigenvalue weighted by Gasteiger charge is -2.13. The zero-order chi connectivity index (χ0) is 10.2. The van der Waals surface area contributed by atoms with Gasteiger partial charge in [-0.25, -0.2) is 0 Å². The topological polar surface area (TPSA) is 0 Å². The van der Waals surface area contributed by atoms with Crippen LogP contribution in [0, 0.1) is 0 Å². The Labute approximate surface area is 144 Å². The Hall–Kier alpha value is 2.54. The van der Waals surface area contributed by atoms with E-state index in [9.17, 15) is 0 Å². The molecule has 1 nitrogen and oxygen atoms in total. The summed E-state index contributed by atoms with van der Waals surface area (Å²) in [5.74, 6) is 0. The Kier molecular flexibility index (Phi) is 7.64. The van der Waals surface area contributed by atoms with E-state index in [0.29, 0.717) is 0 Å². The summed E-state index contributed by atoms with van der Waals surface area (Å²) >= 11 is 20.6. The molecular weight excluding hydrogens is 645 g/mol. The lowest BCUT2D eigenvalue weighted by molar-refractivity contribution is -0.00000191. The average molecular weight is 647 g/mol. The molecule has 0 aliphatic rings. The number of rotatable bonds is 1. The van der Waals surface area contributed by atoms with Gasteiger partial charge in [0.15, 0.2) is 5.69 Å². The van der Waals surface area contributed by atoms with Crippen molar-refractivity contribution < 1.29 is 17.0 Å². The van der Waals surface area contributed by atoms with Crippen molar-refractivity contribution in [3.63, 3.8) is 0 Å². The predicted molar refractivity (Wildman–Crippen MR) is 78.1 cm³/mol. The van der Waals surface area contributed by atoms with E-state index < -0.39 is 0 Å². The van der Waals surface area contributed by atoms with Gasteiger partial charge in [0.2, 0.25) is 0 Å². The van der Waals surface area contributed by atoms with Gasteiger partial charge in [-0.05, 0) is 53.9 Å². The molecule has 80 valence electrons. The second kappa shape index (κ2) is 6.47. The smallest absolute Gasteiger partial charge is 0.258 e. The van der Waals surface area contributed by atoms with Crippen molar-refractivity contribution in [1.29, 1.82) is 0 Å². The highest BCUT2D eigenvalue weighted by molar-refractivity contribution is 9.36. The summed E-state index contributed by atoms with van der Waals surface area (Å²) in [6.45, 7) is 0. The van der Waals surface area contributed by atoms with Gasteiger partial charge in [0.1, 0.15) is 0 Å². The van der Waals surface area contributed by atoms with Gasteiger partial charge in [-0.3, -0.25) is 0 Å².